The van der Waals surface area contributed by atoms with E-state index in [0.717, 1.165) is 5.06 Å². The molecule has 0 fully saturated rings. The molecule has 1 aromatic carbocycles. The number of carbonyl (C=O) groups is 1. The molecule has 0 spiro atoms. The molecule has 1 aromatic rings. The Kier molecular flexibility index (Phi) is 3.01. The van der Waals surface area contributed by atoms with E-state index in [0.29, 0.717) is 6.54 Å². The number of hydroxylamine groups is 1. The molecule has 0 aliphatic heterocycles. The number of carboxylic acids is 1. The van der Waals surface area contributed by atoms with Crippen LogP contribution < -0.4 is 16.5 Å². The zero-order chi connectivity index (χ0) is 11.6. The lowest BCUT2D eigenvalue weighted by molar-refractivity contribution is 0.0697. The van der Waals surface area contributed by atoms with Crippen LogP contribution in [0.4, 0.5) is 17.1 Å². The molecule has 0 atom stereocenters. The topological polar surface area (TPSA) is 113 Å². The predicted molar refractivity (Wildman–Crippen MR) is 57.0 cm³/mol. The summed E-state index contributed by atoms with van der Waals surface area (Å²) in [5, 5.41) is 19.1. The maximum absolute atomic E-state index is 10.7. The third kappa shape index (κ3) is 2.10. The molecule has 0 bridgehead atoms. The largest absolute Gasteiger partial charge is 0.478 e. The van der Waals surface area contributed by atoms with Crippen molar-refractivity contribution in [3.05, 3.63) is 17.7 Å². The Morgan fingerprint density at radius 1 is 1.40 bits per heavy atom. The number of nitrogen functional groups attached to an aromatic ring is 2. The van der Waals surface area contributed by atoms with Gasteiger partial charge in [0.25, 0.3) is 0 Å². The summed E-state index contributed by atoms with van der Waals surface area (Å²) in [6.07, 6.45) is 0. The summed E-state index contributed by atoms with van der Waals surface area (Å²) in [7, 11) is 0. The Hall–Kier alpha value is -1.95. The van der Waals surface area contributed by atoms with Crippen LogP contribution in [0.1, 0.15) is 17.3 Å². The van der Waals surface area contributed by atoms with E-state index in [1.165, 1.54) is 12.1 Å². The zero-order valence-corrected chi connectivity index (χ0v) is 8.27. The van der Waals surface area contributed by atoms with Crippen molar-refractivity contribution in [2.75, 3.05) is 23.1 Å². The molecule has 6 N–H and O–H groups in total. The molecule has 0 aliphatic rings. The lowest BCUT2D eigenvalue weighted by atomic mass is 10.1. The van der Waals surface area contributed by atoms with E-state index in [1.807, 2.05) is 0 Å². The summed E-state index contributed by atoms with van der Waals surface area (Å²) in [5.41, 5.74) is 11.7. The summed E-state index contributed by atoms with van der Waals surface area (Å²) in [6.45, 7) is 2.02. The van der Waals surface area contributed by atoms with Gasteiger partial charge in [-0.05, 0) is 19.1 Å². The Balaban J connectivity index is 3.27. The van der Waals surface area contributed by atoms with Crippen molar-refractivity contribution < 1.29 is 15.1 Å². The highest BCUT2D eigenvalue weighted by atomic mass is 16.5. The van der Waals surface area contributed by atoms with Gasteiger partial charge >= 0.3 is 5.97 Å². The quantitative estimate of drug-likeness (QED) is 0.433. The van der Waals surface area contributed by atoms with Crippen molar-refractivity contribution >= 4 is 23.0 Å². The Bertz CT molecular complexity index is 369. The van der Waals surface area contributed by atoms with Crippen LogP contribution in [-0.2, 0) is 0 Å². The normalized spacial score (nSPS) is 10.0. The number of nitrogens with zero attached hydrogens (tertiary/aromatic N) is 1. The fourth-order valence-corrected chi connectivity index (χ4v) is 1.26. The molecule has 1 rings (SSSR count). The van der Waals surface area contributed by atoms with Crippen LogP contribution in [0, 0.1) is 0 Å². The number of aromatic carboxylic acids is 1. The lowest BCUT2D eigenvalue weighted by Crippen LogP contribution is -2.20. The van der Waals surface area contributed by atoms with Crippen molar-refractivity contribution in [2.24, 2.45) is 0 Å². The van der Waals surface area contributed by atoms with E-state index in [2.05, 4.69) is 0 Å². The smallest absolute Gasteiger partial charge is 0.335 e. The molecule has 82 valence electrons. The third-order valence-corrected chi connectivity index (χ3v) is 1.97. The molecule has 0 saturated heterocycles. The van der Waals surface area contributed by atoms with Gasteiger partial charge in [-0.3, -0.25) is 10.3 Å². The first-order valence-electron chi connectivity index (χ1n) is 4.36. The maximum Gasteiger partial charge on any atom is 0.335 e. The number of rotatable bonds is 3. The van der Waals surface area contributed by atoms with Crippen molar-refractivity contribution in [1.82, 2.24) is 0 Å². The van der Waals surface area contributed by atoms with Crippen LogP contribution in [0.3, 0.4) is 0 Å². The molecule has 6 nitrogen and oxygen atoms in total. The molecule has 15 heavy (non-hydrogen) atoms. The van der Waals surface area contributed by atoms with Crippen molar-refractivity contribution in [2.45, 2.75) is 6.92 Å². The van der Waals surface area contributed by atoms with Crippen molar-refractivity contribution in [1.29, 1.82) is 0 Å². The first-order valence-corrected chi connectivity index (χ1v) is 4.36. The van der Waals surface area contributed by atoms with Gasteiger partial charge in [-0.1, -0.05) is 0 Å². The standard InChI is InChI=1S/C9H13N3O3/c1-2-12(15)8-6(10)3-5(9(13)14)4-7(8)11/h3-4,15H,2,10-11H2,1H3,(H,13,14). The summed E-state index contributed by atoms with van der Waals surface area (Å²) in [5.74, 6) is -1.11. The van der Waals surface area contributed by atoms with Gasteiger partial charge in [-0.2, -0.15) is 0 Å². The second kappa shape index (κ2) is 4.05. The molecular formula is C9H13N3O3. The molecule has 0 saturated carbocycles. The van der Waals surface area contributed by atoms with Gasteiger partial charge in [0.1, 0.15) is 5.69 Å². The van der Waals surface area contributed by atoms with Crippen molar-refractivity contribution in [3.8, 4) is 0 Å². The first-order chi connectivity index (χ1) is 6.97. The monoisotopic (exact) mass is 211 g/mol. The summed E-state index contributed by atoms with van der Waals surface area (Å²) in [6, 6.07) is 2.51. The number of benzene rings is 1. The Morgan fingerprint density at radius 3 is 2.20 bits per heavy atom. The molecule has 0 aromatic heterocycles. The minimum atomic E-state index is -1.11. The molecule has 0 amide bonds. The lowest BCUT2D eigenvalue weighted by Gasteiger charge is -2.19. The number of anilines is 3. The number of carboxylic acid groups (broad SMARTS) is 1. The van der Waals surface area contributed by atoms with Gasteiger partial charge < -0.3 is 16.6 Å². The van der Waals surface area contributed by atoms with E-state index in [-0.39, 0.29) is 22.6 Å². The van der Waals surface area contributed by atoms with E-state index in [9.17, 15) is 10.0 Å². The minimum absolute atomic E-state index is 0.00162. The average Bonchev–Trinajstić information content (AvgIpc) is 2.16. The second-order valence-corrected chi connectivity index (χ2v) is 3.02. The Morgan fingerprint density at radius 2 is 1.87 bits per heavy atom. The highest BCUT2D eigenvalue weighted by Crippen LogP contribution is 2.30. The minimum Gasteiger partial charge on any atom is -0.478 e. The summed E-state index contributed by atoms with van der Waals surface area (Å²) < 4.78 is 0. The van der Waals surface area contributed by atoms with Crippen molar-refractivity contribution in [3.63, 3.8) is 0 Å². The fourth-order valence-electron chi connectivity index (χ4n) is 1.26. The van der Waals surface area contributed by atoms with Crippen LogP contribution in [0.15, 0.2) is 12.1 Å². The molecule has 0 unspecified atom stereocenters. The predicted octanol–water partition coefficient (Wildman–Crippen LogP) is 0.765. The van der Waals surface area contributed by atoms with Gasteiger partial charge in [-0.25, -0.2) is 4.79 Å². The SMILES string of the molecule is CCN(O)c1c(N)cc(C(=O)O)cc1N. The van der Waals surface area contributed by atoms with E-state index >= 15 is 0 Å². The highest BCUT2D eigenvalue weighted by Gasteiger charge is 2.14. The number of hydrogen-bond acceptors (Lipinski definition) is 5. The van der Waals surface area contributed by atoms with E-state index in [1.54, 1.807) is 6.92 Å². The van der Waals surface area contributed by atoms with Crippen LogP contribution in [0.25, 0.3) is 0 Å². The molecule has 0 aliphatic carbocycles. The van der Waals surface area contributed by atoms with Gasteiger partial charge in [0, 0.05) is 6.54 Å². The summed E-state index contributed by atoms with van der Waals surface area (Å²) >= 11 is 0. The molecular weight excluding hydrogens is 198 g/mol. The van der Waals surface area contributed by atoms with Gasteiger partial charge in [0.05, 0.1) is 16.9 Å². The van der Waals surface area contributed by atoms with Gasteiger partial charge in [0.2, 0.25) is 0 Å². The van der Waals surface area contributed by atoms with Gasteiger partial charge in [-0.15, -0.1) is 0 Å². The van der Waals surface area contributed by atoms with Crippen LogP contribution in [0.5, 0.6) is 0 Å². The first kappa shape index (κ1) is 11.1. The van der Waals surface area contributed by atoms with Crippen LogP contribution in [0.2, 0.25) is 0 Å². The van der Waals surface area contributed by atoms with Gasteiger partial charge in [0.15, 0.2) is 0 Å². The zero-order valence-electron chi connectivity index (χ0n) is 8.27. The Labute approximate surface area is 86.7 Å². The fraction of sp³-hybridized carbons (Fsp3) is 0.222. The second-order valence-electron chi connectivity index (χ2n) is 3.02. The van der Waals surface area contributed by atoms with Crippen LogP contribution >= 0.6 is 0 Å². The number of hydrogen-bond donors (Lipinski definition) is 4. The highest BCUT2D eigenvalue weighted by molar-refractivity contribution is 5.94. The molecule has 0 heterocycles. The van der Waals surface area contributed by atoms with E-state index in [4.69, 9.17) is 16.6 Å². The number of nitrogens with two attached hydrogens (primary N) is 2. The van der Waals surface area contributed by atoms with E-state index < -0.39 is 5.97 Å². The maximum atomic E-state index is 10.7. The average molecular weight is 211 g/mol. The van der Waals surface area contributed by atoms with Crippen LogP contribution in [-0.4, -0.2) is 22.8 Å². The summed E-state index contributed by atoms with van der Waals surface area (Å²) in [4.78, 5) is 10.7. The molecule has 6 heteroatoms. The third-order valence-electron chi connectivity index (χ3n) is 1.97. The molecule has 0 radical (unpaired) electrons.